The maximum atomic E-state index is 13.1. The molecular formula is C54H88N2O7. The number of carboxylic acid groups (broad SMARTS) is 1. The molecule has 0 aliphatic heterocycles. The fourth-order valence-electron chi connectivity index (χ4n) is 8.79. The molecule has 0 fully saturated rings. The number of hydrogen-bond acceptors (Lipinski definition) is 6. The molecule has 1 aliphatic rings. The molecule has 2 aromatic rings. The van der Waals surface area contributed by atoms with Gasteiger partial charge in [0.2, 0.25) is 5.91 Å². The number of amides is 2. The third-order valence-electron chi connectivity index (χ3n) is 12.6. The molecule has 2 atom stereocenters. The van der Waals surface area contributed by atoms with Crippen molar-refractivity contribution in [2.24, 2.45) is 0 Å². The van der Waals surface area contributed by atoms with Gasteiger partial charge in [-0.1, -0.05) is 229 Å². The van der Waals surface area contributed by atoms with Gasteiger partial charge in [-0.25, -0.2) is 9.59 Å². The molecule has 63 heavy (non-hydrogen) atoms. The van der Waals surface area contributed by atoms with Crippen LogP contribution in [0.5, 0.6) is 0 Å². The van der Waals surface area contributed by atoms with E-state index in [9.17, 15) is 19.5 Å². The van der Waals surface area contributed by atoms with Gasteiger partial charge in [0.05, 0.1) is 19.1 Å². The number of unbranched alkanes of at least 4 members (excludes halogenated alkanes) is 26. The van der Waals surface area contributed by atoms with Crippen molar-refractivity contribution in [2.75, 3.05) is 33.0 Å². The van der Waals surface area contributed by atoms with E-state index in [1.807, 2.05) is 36.4 Å². The highest BCUT2D eigenvalue weighted by Gasteiger charge is 2.30. The standard InChI is InChI=1S/C54H88N2O7/c1-3-5-7-9-11-13-15-17-19-21-23-25-27-33-39-61-43-45(62-40-34-28-26-24-22-20-18-16-14-12-10-8-6-4-2)42-55-52(57)41-51(53(58)59)56-54(60)63-44-50-48-37-31-29-35-46(48)47-36-30-32-38-49(47)50/h29-32,35-38,45,50-51H,3-28,33-34,39-44H2,1-2H3,(H,55,57)(H,56,60)(H,58,59)/t45?,51-/m0/s1. The number of fused-ring (bicyclic) bond motifs is 3. The Bertz CT molecular complexity index is 1440. The summed E-state index contributed by atoms with van der Waals surface area (Å²) in [6.45, 7) is 6.39. The van der Waals surface area contributed by atoms with Crippen molar-refractivity contribution in [3.8, 4) is 11.1 Å². The van der Waals surface area contributed by atoms with Gasteiger partial charge in [-0.2, -0.15) is 0 Å². The van der Waals surface area contributed by atoms with Crippen molar-refractivity contribution < 1.29 is 33.7 Å². The number of hydrogen-bond donors (Lipinski definition) is 3. The van der Waals surface area contributed by atoms with Gasteiger partial charge >= 0.3 is 12.1 Å². The van der Waals surface area contributed by atoms with Crippen LogP contribution >= 0.6 is 0 Å². The van der Waals surface area contributed by atoms with Crippen LogP contribution in [-0.4, -0.2) is 68.2 Å². The lowest BCUT2D eigenvalue weighted by Crippen LogP contribution is -2.46. The third kappa shape index (κ3) is 24.4. The number of alkyl carbamates (subject to hydrolysis) is 1. The summed E-state index contributed by atoms with van der Waals surface area (Å²) in [6, 6.07) is 14.6. The zero-order valence-electron chi connectivity index (χ0n) is 39.8. The lowest BCUT2D eigenvalue weighted by atomic mass is 9.98. The van der Waals surface area contributed by atoms with Crippen molar-refractivity contribution in [3.05, 3.63) is 59.7 Å². The zero-order valence-corrected chi connectivity index (χ0v) is 39.8. The summed E-state index contributed by atoms with van der Waals surface area (Å²) in [4.78, 5) is 38.1. The van der Waals surface area contributed by atoms with E-state index in [0.717, 1.165) is 47.9 Å². The number of carboxylic acids is 1. The third-order valence-corrected chi connectivity index (χ3v) is 12.6. The Morgan fingerprint density at radius 1 is 0.571 bits per heavy atom. The normalized spacial score (nSPS) is 13.0. The van der Waals surface area contributed by atoms with Gasteiger partial charge in [-0.3, -0.25) is 4.79 Å². The lowest BCUT2D eigenvalue weighted by molar-refractivity contribution is -0.141. The summed E-state index contributed by atoms with van der Waals surface area (Å²) < 4.78 is 17.8. The monoisotopic (exact) mass is 877 g/mol. The molecule has 0 spiro atoms. The van der Waals surface area contributed by atoms with Crippen molar-refractivity contribution in [1.82, 2.24) is 10.6 Å². The summed E-state index contributed by atoms with van der Waals surface area (Å²) in [5, 5.41) is 15.2. The van der Waals surface area contributed by atoms with Crippen molar-refractivity contribution in [3.63, 3.8) is 0 Å². The molecule has 3 N–H and O–H groups in total. The zero-order chi connectivity index (χ0) is 45.0. The van der Waals surface area contributed by atoms with E-state index in [-0.39, 0.29) is 25.2 Å². The molecule has 2 aromatic carbocycles. The highest BCUT2D eigenvalue weighted by molar-refractivity contribution is 5.87. The summed E-state index contributed by atoms with van der Waals surface area (Å²) in [5.41, 5.74) is 4.32. The fraction of sp³-hybridized carbons (Fsp3) is 0.722. The molecule has 0 heterocycles. The molecule has 0 saturated heterocycles. The summed E-state index contributed by atoms with van der Waals surface area (Å²) >= 11 is 0. The molecule has 0 bridgehead atoms. The maximum Gasteiger partial charge on any atom is 0.407 e. The number of ether oxygens (including phenoxy) is 3. The van der Waals surface area contributed by atoms with Crippen LogP contribution in [0.25, 0.3) is 11.1 Å². The number of aliphatic carboxylic acids is 1. The smallest absolute Gasteiger partial charge is 0.407 e. The van der Waals surface area contributed by atoms with E-state index in [1.54, 1.807) is 0 Å². The minimum atomic E-state index is -1.44. The summed E-state index contributed by atoms with van der Waals surface area (Å²) in [6.07, 6.45) is 34.8. The first-order valence-electron chi connectivity index (χ1n) is 25.7. The molecule has 3 rings (SSSR count). The molecule has 0 saturated carbocycles. The van der Waals surface area contributed by atoms with Gasteiger partial charge in [-0.15, -0.1) is 0 Å². The first-order chi connectivity index (χ1) is 30.9. The minimum Gasteiger partial charge on any atom is -0.480 e. The molecule has 0 aromatic heterocycles. The molecule has 9 heteroatoms. The van der Waals surface area contributed by atoms with Gasteiger partial charge in [-0.05, 0) is 35.1 Å². The molecular weight excluding hydrogens is 789 g/mol. The lowest BCUT2D eigenvalue weighted by Gasteiger charge is -2.20. The quantitative estimate of drug-likeness (QED) is 0.0568. The number of carbonyl (C=O) groups is 3. The molecule has 1 unspecified atom stereocenters. The van der Waals surface area contributed by atoms with E-state index in [4.69, 9.17) is 14.2 Å². The Kier molecular flexibility index (Phi) is 30.7. The topological polar surface area (TPSA) is 123 Å². The average molecular weight is 877 g/mol. The second-order valence-electron chi connectivity index (χ2n) is 18.1. The number of carbonyl (C=O) groups excluding carboxylic acids is 2. The first-order valence-corrected chi connectivity index (χ1v) is 25.7. The highest BCUT2D eigenvalue weighted by atomic mass is 16.5. The predicted octanol–water partition coefficient (Wildman–Crippen LogP) is 13.8. The second kappa shape index (κ2) is 35.9. The average Bonchev–Trinajstić information content (AvgIpc) is 3.61. The largest absolute Gasteiger partial charge is 0.480 e. The molecule has 356 valence electrons. The van der Waals surface area contributed by atoms with Crippen molar-refractivity contribution >= 4 is 18.0 Å². The Morgan fingerprint density at radius 2 is 0.984 bits per heavy atom. The van der Waals surface area contributed by atoms with E-state index in [0.29, 0.717) is 19.8 Å². The Labute approximate surface area is 383 Å². The van der Waals surface area contributed by atoms with Crippen molar-refractivity contribution in [1.29, 1.82) is 0 Å². The Hall–Kier alpha value is -3.43. The first kappa shape index (κ1) is 53.9. The van der Waals surface area contributed by atoms with Crippen LogP contribution < -0.4 is 10.6 Å². The fourth-order valence-corrected chi connectivity index (χ4v) is 8.79. The number of rotatable bonds is 41. The minimum absolute atomic E-state index is 0.0517. The maximum absolute atomic E-state index is 13.1. The molecule has 0 radical (unpaired) electrons. The molecule has 9 nitrogen and oxygen atoms in total. The Morgan fingerprint density at radius 3 is 1.43 bits per heavy atom. The van der Waals surface area contributed by atoms with E-state index < -0.39 is 30.4 Å². The van der Waals surface area contributed by atoms with E-state index in [2.05, 4.69) is 36.6 Å². The highest BCUT2D eigenvalue weighted by Crippen LogP contribution is 2.44. The van der Waals surface area contributed by atoms with Gasteiger partial charge in [0.25, 0.3) is 0 Å². The van der Waals surface area contributed by atoms with Gasteiger partial charge < -0.3 is 30.0 Å². The Balaban J connectivity index is 1.34. The van der Waals surface area contributed by atoms with Crippen molar-refractivity contribution in [2.45, 2.75) is 218 Å². The van der Waals surface area contributed by atoms with Gasteiger partial charge in [0, 0.05) is 25.7 Å². The number of benzene rings is 2. The van der Waals surface area contributed by atoms with Crippen LogP contribution in [0.15, 0.2) is 48.5 Å². The van der Waals surface area contributed by atoms with Gasteiger partial charge in [0.1, 0.15) is 12.6 Å². The van der Waals surface area contributed by atoms with E-state index in [1.165, 1.54) is 154 Å². The van der Waals surface area contributed by atoms with Crippen LogP contribution in [-0.2, 0) is 23.8 Å². The van der Waals surface area contributed by atoms with Crippen LogP contribution in [0.3, 0.4) is 0 Å². The summed E-state index contributed by atoms with van der Waals surface area (Å²) in [7, 11) is 0. The van der Waals surface area contributed by atoms with Crippen LogP contribution in [0.2, 0.25) is 0 Å². The summed E-state index contributed by atoms with van der Waals surface area (Å²) in [5.74, 6) is -1.95. The van der Waals surface area contributed by atoms with E-state index >= 15 is 0 Å². The number of nitrogens with one attached hydrogen (secondary N) is 2. The van der Waals surface area contributed by atoms with Gasteiger partial charge in [0.15, 0.2) is 0 Å². The van der Waals surface area contributed by atoms with Crippen LogP contribution in [0.4, 0.5) is 4.79 Å². The molecule has 2 amide bonds. The predicted molar refractivity (Wildman–Crippen MR) is 258 cm³/mol. The SMILES string of the molecule is CCCCCCCCCCCCCCCCOCC(CNC(=O)C[C@H](NC(=O)OCC1c2ccccc2-c2ccccc21)C(=O)O)OCCCCCCCCCCCCCCCC. The van der Waals surface area contributed by atoms with Crippen LogP contribution in [0, 0.1) is 0 Å². The second-order valence-corrected chi connectivity index (χ2v) is 18.1. The van der Waals surface area contributed by atoms with Crippen LogP contribution in [0.1, 0.15) is 217 Å². The molecule has 1 aliphatic carbocycles.